The molecule has 2 saturated heterocycles. The highest BCUT2D eigenvalue weighted by molar-refractivity contribution is 5.00. The summed E-state index contributed by atoms with van der Waals surface area (Å²) < 4.78 is 11.2. The minimum Gasteiger partial charge on any atom is -0.372 e. The van der Waals surface area contributed by atoms with Crippen LogP contribution in [-0.4, -0.2) is 24.5 Å². The van der Waals surface area contributed by atoms with Crippen LogP contribution in [0.15, 0.2) is 0 Å². The summed E-state index contributed by atoms with van der Waals surface area (Å²) in [6.45, 7) is 7.40. The molecule has 3 unspecified atom stereocenters. The Bertz CT molecular complexity index is 205. The summed E-state index contributed by atoms with van der Waals surface area (Å²) in [5, 5.41) is 0. The summed E-state index contributed by atoms with van der Waals surface area (Å²) in [6.07, 6.45) is 2.28. The van der Waals surface area contributed by atoms with Crippen molar-refractivity contribution in [2.24, 2.45) is 11.1 Å². The smallest absolute Gasteiger partial charge is 0.135 e. The predicted molar refractivity (Wildman–Crippen MR) is 50.2 cm³/mol. The van der Waals surface area contributed by atoms with E-state index in [0.29, 0.717) is 5.41 Å². The van der Waals surface area contributed by atoms with E-state index in [4.69, 9.17) is 15.2 Å². The average molecular weight is 185 g/mol. The first-order valence-corrected chi connectivity index (χ1v) is 4.98. The van der Waals surface area contributed by atoms with E-state index in [1.54, 1.807) is 0 Å². The van der Waals surface area contributed by atoms with E-state index in [2.05, 4.69) is 20.8 Å². The lowest BCUT2D eigenvalue weighted by Crippen LogP contribution is -2.45. The minimum absolute atomic E-state index is 0.0915. The van der Waals surface area contributed by atoms with Crippen LogP contribution in [0.3, 0.4) is 0 Å². The van der Waals surface area contributed by atoms with Gasteiger partial charge in [-0.25, -0.2) is 0 Å². The van der Waals surface area contributed by atoms with Crippen molar-refractivity contribution in [3.8, 4) is 0 Å². The molecular formula is C10H19NO2. The Morgan fingerprint density at radius 3 is 2.23 bits per heavy atom. The molecule has 0 amide bonds. The Kier molecular flexibility index (Phi) is 1.95. The lowest BCUT2D eigenvalue weighted by molar-refractivity contribution is -0.125. The molecule has 13 heavy (non-hydrogen) atoms. The van der Waals surface area contributed by atoms with Crippen molar-refractivity contribution in [2.45, 2.75) is 51.5 Å². The van der Waals surface area contributed by atoms with Gasteiger partial charge >= 0.3 is 0 Å². The van der Waals surface area contributed by atoms with Gasteiger partial charge in [-0.2, -0.15) is 0 Å². The fraction of sp³-hybridized carbons (Fsp3) is 1.00. The maximum atomic E-state index is 5.87. The zero-order chi connectivity index (χ0) is 9.69. The first-order valence-electron chi connectivity index (χ1n) is 4.98. The van der Waals surface area contributed by atoms with Crippen LogP contribution in [0, 0.1) is 5.41 Å². The number of ether oxygens (including phenoxy) is 2. The molecule has 0 aromatic heterocycles. The molecule has 3 nitrogen and oxygen atoms in total. The van der Waals surface area contributed by atoms with Crippen molar-refractivity contribution in [2.75, 3.05) is 6.61 Å². The highest BCUT2D eigenvalue weighted by Crippen LogP contribution is 2.43. The van der Waals surface area contributed by atoms with Crippen LogP contribution in [0.25, 0.3) is 0 Å². The zero-order valence-corrected chi connectivity index (χ0v) is 8.67. The van der Waals surface area contributed by atoms with Gasteiger partial charge in [0.15, 0.2) is 0 Å². The van der Waals surface area contributed by atoms with Gasteiger partial charge in [0, 0.05) is 0 Å². The second kappa shape index (κ2) is 2.69. The Morgan fingerprint density at radius 2 is 1.85 bits per heavy atom. The molecule has 0 bridgehead atoms. The fourth-order valence-electron chi connectivity index (χ4n) is 1.93. The molecule has 3 heteroatoms. The fourth-order valence-corrected chi connectivity index (χ4v) is 1.93. The highest BCUT2D eigenvalue weighted by Gasteiger charge is 2.53. The molecule has 0 aromatic rings. The van der Waals surface area contributed by atoms with E-state index >= 15 is 0 Å². The lowest BCUT2D eigenvalue weighted by Gasteiger charge is -2.40. The molecule has 2 fully saturated rings. The molecule has 2 aliphatic rings. The standard InChI is InChI=1S/C10H19NO2/c1-9(2)4-5-10(3,12-6-9)7-8(11)13-7/h7-8H,4-6,11H2,1-3H3. The van der Waals surface area contributed by atoms with Crippen molar-refractivity contribution in [3.63, 3.8) is 0 Å². The molecule has 0 saturated carbocycles. The van der Waals surface area contributed by atoms with Crippen molar-refractivity contribution in [1.29, 1.82) is 0 Å². The molecule has 0 aliphatic carbocycles. The van der Waals surface area contributed by atoms with Crippen LogP contribution in [0.5, 0.6) is 0 Å². The van der Waals surface area contributed by atoms with E-state index < -0.39 is 0 Å². The quantitative estimate of drug-likeness (QED) is 0.626. The lowest BCUT2D eigenvalue weighted by atomic mass is 9.80. The summed E-state index contributed by atoms with van der Waals surface area (Å²) in [5.41, 5.74) is 5.84. The van der Waals surface area contributed by atoms with E-state index in [0.717, 1.165) is 13.0 Å². The number of hydrogen-bond acceptors (Lipinski definition) is 3. The third kappa shape index (κ3) is 1.73. The number of nitrogens with two attached hydrogens (primary N) is 1. The van der Waals surface area contributed by atoms with Gasteiger partial charge in [0.1, 0.15) is 12.3 Å². The molecule has 2 rings (SSSR count). The van der Waals surface area contributed by atoms with Crippen molar-refractivity contribution in [1.82, 2.24) is 0 Å². The highest BCUT2D eigenvalue weighted by atomic mass is 16.6. The van der Waals surface area contributed by atoms with Crippen molar-refractivity contribution < 1.29 is 9.47 Å². The summed E-state index contributed by atoms with van der Waals surface area (Å²) in [6, 6.07) is 0. The van der Waals surface area contributed by atoms with Gasteiger partial charge in [-0.1, -0.05) is 13.8 Å². The van der Waals surface area contributed by atoms with Gasteiger partial charge in [0.25, 0.3) is 0 Å². The van der Waals surface area contributed by atoms with Crippen molar-refractivity contribution >= 4 is 0 Å². The van der Waals surface area contributed by atoms with Gasteiger partial charge in [0.2, 0.25) is 0 Å². The van der Waals surface area contributed by atoms with E-state index in [9.17, 15) is 0 Å². The van der Waals surface area contributed by atoms with Crippen LogP contribution in [0.1, 0.15) is 33.6 Å². The number of hydrogen-bond donors (Lipinski definition) is 1. The van der Waals surface area contributed by atoms with Gasteiger partial charge in [-0.05, 0) is 25.2 Å². The van der Waals surface area contributed by atoms with Gasteiger partial charge in [-0.15, -0.1) is 0 Å². The third-order valence-electron chi connectivity index (χ3n) is 3.22. The molecule has 2 aliphatic heterocycles. The summed E-state index contributed by atoms with van der Waals surface area (Å²) in [7, 11) is 0. The van der Waals surface area contributed by atoms with Gasteiger partial charge in [0.05, 0.1) is 12.2 Å². The maximum Gasteiger partial charge on any atom is 0.135 e. The first kappa shape index (κ1) is 9.44. The van der Waals surface area contributed by atoms with E-state index in [-0.39, 0.29) is 17.9 Å². The SMILES string of the molecule is CC1(C)CCC(C)(C2OC2N)OC1. The number of rotatable bonds is 1. The normalized spacial score (nSPS) is 48.9. The third-order valence-corrected chi connectivity index (χ3v) is 3.22. The molecule has 2 heterocycles. The summed E-state index contributed by atoms with van der Waals surface area (Å²) in [4.78, 5) is 0. The van der Waals surface area contributed by atoms with Crippen LogP contribution < -0.4 is 5.73 Å². The Labute approximate surface area is 79.6 Å². The second-order valence-corrected chi connectivity index (χ2v) is 5.29. The predicted octanol–water partition coefficient (Wildman–Crippen LogP) is 1.27. The Balaban J connectivity index is 1.96. The summed E-state index contributed by atoms with van der Waals surface area (Å²) >= 11 is 0. The molecule has 0 spiro atoms. The van der Waals surface area contributed by atoms with Crippen molar-refractivity contribution in [3.05, 3.63) is 0 Å². The second-order valence-electron chi connectivity index (χ2n) is 5.29. The Hall–Kier alpha value is -0.120. The monoisotopic (exact) mass is 185 g/mol. The average Bonchev–Trinajstić information content (AvgIpc) is 2.75. The van der Waals surface area contributed by atoms with Crippen LogP contribution in [0.4, 0.5) is 0 Å². The Morgan fingerprint density at radius 1 is 1.23 bits per heavy atom. The van der Waals surface area contributed by atoms with Gasteiger partial charge in [-0.3, -0.25) is 0 Å². The van der Waals surface area contributed by atoms with E-state index in [1.807, 2.05) is 0 Å². The van der Waals surface area contributed by atoms with Crippen LogP contribution in [-0.2, 0) is 9.47 Å². The van der Waals surface area contributed by atoms with Crippen LogP contribution in [0.2, 0.25) is 0 Å². The topological polar surface area (TPSA) is 47.8 Å². The molecule has 0 radical (unpaired) electrons. The molecule has 0 aromatic carbocycles. The minimum atomic E-state index is -0.130. The molecule has 76 valence electrons. The maximum absolute atomic E-state index is 5.87. The molecule has 2 N–H and O–H groups in total. The largest absolute Gasteiger partial charge is 0.372 e. The first-order chi connectivity index (χ1) is 5.93. The van der Waals surface area contributed by atoms with Crippen LogP contribution >= 0.6 is 0 Å². The number of epoxide rings is 1. The van der Waals surface area contributed by atoms with Gasteiger partial charge < -0.3 is 15.2 Å². The molecule has 3 atom stereocenters. The molecular weight excluding hydrogens is 166 g/mol. The zero-order valence-electron chi connectivity index (χ0n) is 8.67. The van der Waals surface area contributed by atoms with E-state index in [1.165, 1.54) is 6.42 Å². The summed E-state index contributed by atoms with van der Waals surface area (Å²) in [5.74, 6) is 0.